The molecule has 0 aliphatic heterocycles. The molecule has 4 heteroatoms. The topological polar surface area (TPSA) is 50.4 Å². The van der Waals surface area contributed by atoms with E-state index in [-0.39, 0.29) is 11.3 Å². The summed E-state index contributed by atoms with van der Waals surface area (Å²) in [5.41, 5.74) is -0.136. The maximum atomic E-state index is 11.8. The molecule has 14 heavy (non-hydrogen) atoms. The summed E-state index contributed by atoms with van der Waals surface area (Å²) in [5.74, 6) is 0.176. The van der Waals surface area contributed by atoms with E-state index in [0.717, 1.165) is 19.4 Å². The summed E-state index contributed by atoms with van der Waals surface area (Å²) in [6.07, 6.45) is 3.18. The van der Waals surface area contributed by atoms with Crippen LogP contribution in [0.5, 0.6) is 0 Å². The van der Waals surface area contributed by atoms with Crippen LogP contribution in [0, 0.1) is 5.41 Å². The molecule has 0 atom stereocenters. The minimum Gasteiger partial charge on any atom is -0.383 e. The molecule has 2 N–H and O–H groups in total. The van der Waals surface area contributed by atoms with Gasteiger partial charge in [0.1, 0.15) is 0 Å². The van der Waals surface area contributed by atoms with E-state index in [1.807, 2.05) is 7.05 Å². The molecule has 1 rings (SSSR count). The molecule has 0 spiro atoms. The van der Waals surface area contributed by atoms with Crippen molar-refractivity contribution in [2.75, 3.05) is 33.9 Å². The molecule has 0 heterocycles. The fourth-order valence-electron chi connectivity index (χ4n) is 1.88. The maximum Gasteiger partial charge on any atom is 0.227 e. The Morgan fingerprint density at radius 2 is 2.21 bits per heavy atom. The van der Waals surface area contributed by atoms with Gasteiger partial charge in [-0.2, -0.15) is 0 Å². The number of ether oxygens (including phenoxy) is 1. The van der Waals surface area contributed by atoms with Crippen LogP contribution in [0.3, 0.4) is 0 Å². The number of carbonyl (C=O) groups is 1. The zero-order valence-electron chi connectivity index (χ0n) is 9.06. The van der Waals surface area contributed by atoms with Crippen molar-refractivity contribution in [3.8, 4) is 0 Å². The fourth-order valence-corrected chi connectivity index (χ4v) is 1.88. The summed E-state index contributed by atoms with van der Waals surface area (Å²) in [4.78, 5) is 11.8. The van der Waals surface area contributed by atoms with Crippen molar-refractivity contribution in [1.29, 1.82) is 0 Å². The first-order valence-electron chi connectivity index (χ1n) is 5.17. The zero-order valence-corrected chi connectivity index (χ0v) is 9.06. The molecule has 1 aliphatic rings. The second-order valence-electron chi connectivity index (χ2n) is 3.91. The van der Waals surface area contributed by atoms with Crippen LogP contribution in [0.25, 0.3) is 0 Å². The smallest absolute Gasteiger partial charge is 0.227 e. The Labute approximate surface area is 85.4 Å². The van der Waals surface area contributed by atoms with Crippen LogP contribution >= 0.6 is 0 Å². The Morgan fingerprint density at radius 1 is 1.50 bits per heavy atom. The highest BCUT2D eigenvalue weighted by Gasteiger charge is 2.43. The predicted molar refractivity (Wildman–Crippen MR) is 55.1 cm³/mol. The normalized spacial score (nSPS) is 18.7. The number of nitrogens with one attached hydrogen (secondary N) is 2. The third-order valence-corrected chi connectivity index (χ3v) is 2.90. The van der Waals surface area contributed by atoms with Gasteiger partial charge in [0.05, 0.1) is 12.0 Å². The van der Waals surface area contributed by atoms with E-state index < -0.39 is 0 Å². The molecule has 4 nitrogen and oxygen atoms in total. The molecule has 0 aromatic rings. The summed E-state index contributed by atoms with van der Waals surface area (Å²) < 4.78 is 4.89. The average Bonchev–Trinajstić information content (AvgIpc) is 2.11. The first-order chi connectivity index (χ1) is 6.75. The molecule has 0 saturated heterocycles. The van der Waals surface area contributed by atoms with Crippen molar-refractivity contribution in [1.82, 2.24) is 10.6 Å². The van der Waals surface area contributed by atoms with E-state index in [2.05, 4.69) is 10.6 Å². The van der Waals surface area contributed by atoms with Crippen molar-refractivity contribution >= 4 is 5.91 Å². The largest absolute Gasteiger partial charge is 0.383 e. The Morgan fingerprint density at radius 3 is 2.64 bits per heavy atom. The van der Waals surface area contributed by atoms with Crippen LogP contribution in [-0.2, 0) is 9.53 Å². The highest BCUT2D eigenvalue weighted by atomic mass is 16.5. The molecule has 82 valence electrons. The average molecular weight is 200 g/mol. The van der Waals surface area contributed by atoms with Crippen LogP contribution < -0.4 is 10.6 Å². The fraction of sp³-hybridized carbons (Fsp3) is 0.900. The molecular weight excluding hydrogens is 180 g/mol. The maximum absolute atomic E-state index is 11.8. The van der Waals surface area contributed by atoms with Crippen molar-refractivity contribution in [3.05, 3.63) is 0 Å². The van der Waals surface area contributed by atoms with Crippen LogP contribution in [-0.4, -0.2) is 39.8 Å². The van der Waals surface area contributed by atoms with Crippen LogP contribution in [0.4, 0.5) is 0 Å². The molecule has 0 unspecified atom stereocenters. The van der Waals surface area contributed by atoms with Gasteiger partial charge in [0.15, 0.2) is 0 Å². The summed E-state index contributed by atoms with van der Waals surface area (Å²) >= 11 is 0. The first-order valence-corrected chi connectivity index (χ1v) is 5.17. The molecule has 0 aromatic carbocycles. The van der Waals surface area contributed by atoms with Gasteiger partial charge in [-0.05, 0) is 19.9 Å². The quantitative estimate of drug-likeness (QED) is 0.600. The number of methoxy groups -OCH3 is 1. The van der Waals surface area contributed by atoms with Gasteiger partial charge in [0.2, 0.25) is 5.91 Å². The second kappa shape index (κ2) is 5.32. The van der Waals surface area contributed by atoms with Gasteiger partial charge < -0.3 is 15.4 Å². The number of carbonyl (C=O) groups excluding carboxylic acids is 1. The van der Waals surface area contributed by atoms with Crippen LogP contribution in [0.15, 0.2) is 0 Å². The molecule has 1 amide bonds. The molecule has 0 aromatic heterocycles. The van der Waals surface area contributed by atoms with Crippen LogP contribution in [0.1, 0.15) is 19.3 Å². The third kappa shape index (κ3) is 2.45. The summed E-state index contributed by atoms with van der Waals surface area (Å²) in [6.45, 7) is 1.98. The van der Waals surface area contributed by atoms with Crippen molar-refractivity contribution in [2.45, 2.75) is 19.3 Å². The molecular formula is C10H20N2O2. The lowest BCUT2D eigenvalue weighted by Crippen LogP contribution is -2.51. The minimum atomic E-state index is -0.136. The first kappa shape index (κ1) is 11.5. The van der Waals surface area contributed by atoms with Crippen molar-refractivity contribution < 1.29 is 9.53 Å². The minimum absolute atomic E-state index is 0.136. The van der Waals surface area contributed by atoms with E-state index in [1.54, 1.807) is 7.11 Å². The van der Waals surface area contributed by atoms with E-state index >= 15 is 0 Å². The van der Waals surface area contributed by atoms with Gasteiger partial charge in [-0.3, -0.25) is 4.79 Å². The van der Waals surface area contributed by atoms with E-state index in [4.69, 9.17) is 4.74 Å². The van der Waals surface area contributed by atoms with Crippen molar-refractivity contribution in [3.63, 3.8) is 0 Å². The lowest BCUT2D eigenvalue weighted by Gasteiger charge is -2.40. The summed E-state index contributed by atoms with van der Waals surface area (Å²) in [6, 6.07) is 0. The van der Waals surface area contributed by atoms with E-state index in [9.17, 15) is 4.79 Å². The van der Waals surface area contributed by atoms with Gasteiger partial charge in [-0.15, -0.1) is 0 Å². The molecule has 1 fully saturated rings. The van der Waals surface area contributed by atoms with Gasteiger partial charge in [-0.1, -0.05) is 6.42 Å². The predicted octanol–water partition coefficient (Wildman–Crippen LogP) is 0.139. The van der Waals surface area contributed by atoms with Crippen molar-refractivity contribution in [2.24, 2.45) is 5.41 Å². The Hall–Kier alpha value is -0.610. The lowest BCUT2D eigenvalue weighted by molar-refractivity contribution is -0.135. The summed E-state index contributed by atoms with van der Waals surface area (Å²) in [7, 11) is 3.53. The number of hydrogen-bond acceptors (Lipinski definition) is 3. The monoisotopic (exact) mass is 200 g/mol. The third-order valence-electron chi connectivity index (χ3n) is 2.90. The second-order valence-corrected chi connectivity index (χ2v) is 3.91. The number of hydrogen-bond donors (Lipinski definition) is 2. The molecule has 1 aliphatic carbocycles. The molecule has 0 radical (unpaired) electrons. The number of rotatable bonds is 6. The zero-order chi connectivity index (χ0) is 10.4. The van der Waals surface area contributed by atoms with E-state index in [0.29, 0.717) is 13.2 Å². The highest BCUT2D eigenvalue weighted by Crippen LogP contribution is 2.40. The van der Waals surface area contributed by atoms with Gasteiger partial charge in [0.25, 0.3) is 0 Å². The molecule has 0 bridgehead atoms. The van der Waals surface area contributed by atoms with Gasteiger partial charge in [0, 0.05) is 20.2 Å². The van der Waals surface area contributed by atoms with Gasteiger partial charge >= 0.3 is 0 Å². The molecule has 1 saturated carbocycles. The standard InChI is InChI=1S/C10H20N2O2/c1-11-8-10(4-3-5-10)9(13)12-6-7-14-2/h11H,3-8H2,1-2H3,(H,12,13). The SMILES string of the molecule is CNCC1(C(=O)NCCOC)CCC1. The van der Waals surface area contributed by atoms with E-state index in [1.165, 1.54) is 6.42 Å². The summed E-state index contributed by atoms with van der Waals surface area (Å²) in [5, 5.41) is 6.00. The Kier molecular flexibility index (Phi) is 4.35. The lowest BCUT2D eigenvalue weighted by atomic mass is 9.68. The Bertz CT molecular complexity index is 191. The Balaban J connectivity index is 2.32. The highest BCUT2D eigenvalue weighted by molar-refractivity contribution is 5.83. The number of amides is 1. The van der Waals surface area contributed by atoms with Gasteiger partial charge in [-0.25, -0.2) is 0 Å². The van der Waals surface area contributed by atoms with Crippen LogP contribution in [0.2, 0.25) is 0 Å².